The molecule has 0 aromatic rings. The second-order valence-corrected chi connectivity index (χ2v) is 4.37. The predicted octanol–water partition coefficient (Wildman–Crippen LogP) is 4.69. The molecule has 0 heterocycles. The van der Waals surface area contributed by atoms with Gasteiger partial charge in [-0.05, 0) is 6.42 Å². The van der Waals surface area contributed by atoms with E-state index in [-0.39, 0.29) is 6.42 Å². The summed E-state index contributed by atoms with van der Waals surface area (Å²) < 4.78 is 55.2. The predicted molar refractivity (Wildman–Crippen MR) is 64.2 cm³/mol. The zero-order valence-electron chi connectivity index (χ0n) is 11.1. The molecule has 0 fully saturated rings. The Hall–Kier alpha value is -1.07. The standard InChI is InChI=1S/C13H20F4O2/c1-3-5-6-7-8-9-10-12(14,13(15,16)17)19-11(18)4-2/h4H,2-3,5-10H2,1H3. The lowest BCUT2D eigenvalue weighted by Crippen LogP contribution is -2.44. The van der Waals surface area contributed by atoms with Gasteiger partial charge in [0.15, 0.2) is 0 Å². The Balaban J connectivity index is 4.29. The van der Waals surface area contributed by atoms with E-state index < -0.39 is 24.4 Å². The highest BCUT2D eigenvalue weighted by Crippen LogP contribution is 2.39. The molecule has 0 saturated heterocycles. The van der Waals surface area contributed by atoms with E-state index in [1.807, 2.05) is 6.92 Å². The maximum absolute atomic E-state index is 13.7. The number of esters is 1. The molecular formula is C13H20F4O2. The Morgan fingerprint density at radius 1 is 1.11 bits per heavy atom. The summed E-state index contributed by atoms with van der Waals surface area (Å²) in [5, 5.41) is 0. The van der Waals surface area contributed by atoms with E-state index in [1.54, 1.807) is 0 Å². The Kier molecular flexibility index (Phi) is 7.71. The number of rotatable bonds is 9. The van der Waals surface area contributed by atoms with E-state index in [0.29, 0.717) is 12.5 Å². The van der Waals surface area contributed by atoms with Crippen LogP contribution in [-0.2, 0) is 9.53 Å². The summed E-state index contributed by atoms with van der Waals surface area (Å²) in [5.41, 5.74) is 0. The maximum atomic E-state index is 13.7. The lowest BCUT2D eigenvalue weighted by atomic mass is 10.1. The smallest absolute Gasteiger partial charge is 0.416 e. The van der Waals surface area contributed by atoms with E-state index >= 15 is 0 Å². The lowest BCUT2D eigenvalue weighted by molar-refractivity contribution is -0.321. The molecule has 0 radical (unpaired) electrons. The first-order valence-electron chi connectivity index (χ1n) is 6.38. The molecule has 0 aromatic carbocycles. The van der Waals surface area contributed by atoms with E-state index in [0.717, 1.165) is 25.7 Å². The molecule has 0 spiro atoms. The van der Waals surface area contributed by atoms with Gasteiger partial charge in [-0.3, -0.25) is 0 Å². The Morgan fingerprint density at radius 2 is 1.63 bits per heavy atom. The summed E-state index contributed by atoms with van der Waals surface area (Å²) >= 11 is 0. The number of hydrogen-bond acceptors (Lipinski definition) is 2. The van der Waals surface area contributed by atoms with Crippen molar-refractivity contribution in [1.29, 1.82) is 0 Å². The normalized spacial score (nSPS) is 14.8. The van der Waals surface area contributed by atoms with Crippen molar-refractivity contribution in [2.45, 2.75) is 63.9 Å². The monoisotopic (exact) mass is 284 g/mol. The van der Waals surface area contributed by atoms with Gasteiger partial charge in [-0.2, -0.15) is 17.6 Å². The van der Waals surface area contributed by atoms with Gasteiger partial charge in [0.1, 0.15) is 0 Å². The first-order chi connectivity index (χ1) is 8.77. The van der Waals surface area contributed by atoms with Crippen molar-refractivity contribution >= 4 is 5.97 Å². The van der Waals surface area contributed by atoms with Crippen molar-refractivity contribution in [2.24, 2.45) is 0 Å². The summed E-state index contributed by atoms with van der Waals surface area (Å²) in [4.78, 5) is 10.8. The molecular weight excluding hydrogens is 264 g/mol. The molecule has 0 aliphatic carbocycles. The first kappa shape index (κ1) is 17.9. The van der Waals surface area contributed by atoms with Crippen LogP contribution in [0.5, 0.6) is 0 Å². The van der Waals surface area contributed by atoms with Gasteiger partial charge in [-0.25, -0.2) is 4.79 Å². The number of ether oxygens (including phenoxy) is 1. The molecule has 1 unspecified atom stereocenters. The molecule has 0 aromatic heterocycles. The van der Waals surface area contributed by atoms with Crippen LogP contribution in [0.15, 0.2) is 12.7 Å². The second-order valence-electron chi connectivity index (χ2n) is 4.37. The molecule has 0 amide bonds. The third-order valence-corrected chi connectivity index (χ3v) is 2.70. The van der Waals surface area contributed by atoms with Gasteiger partial charge in [0.05, 0.1) is 0 Å². The van der Waals surface area contributed by atoms with Crippen LogP contribution in [0.3, 0.4) is 0 Å². The van der Waals surface area contributed by atoms with Crippen molar-refractivity contribution in [3.63, 3.8) is 0 Å². The van der Waals surface area contributed by atoms with Gasteiger partial charge in [0.2, 0.25) is 0 Å². The van der Waals surface area contributed by atoms with Gasteiger partial charge in [-0.15, -0.1) is 0 Å². The highest BCUT2D eigenvalue weighted by Gasteiger charge is 2.58. The minimum absolute atomic E-state index is 0.0180. The molecule has 0 saturated carbocycles. The van der Waals surface area contributed by atoms with E-state index in [1.165, 1.54) is 0 Å². The van der Waals surface area contributed by atoms with E-state index in [9.17, 15) is 22.4 Å². The van der Waals surface area contributed by atoms with Gasteiger partial charge in [0.25, 0.3) is 0 Å². The van der Waals surface area contributed by atoms with Gasteiger partial charge in [0, 0.05) is 12.5 Å². The summed E-state index contributed by atoms with van der Waals surface area (Å²) in [5.74, 6) is -5.32. The molecule has 6 heteroatoms. The summed E-state index contributed by atoms with van der Waals surface area (Å²) in [7, 11) is 0. The van der Waals surface area contributed by atoms with Gasteiger partial charge in [-0.1, -0.05) is 45.6 Å². The SMILES string of the molecule is C=CC(=O)OC(F)(CCCCCCCC)C(F)(F)F. The van der Waals surface area contributed by atoms with Crippen LogP contribution >= 0.6 is 0 Å². The first-order valence-corrected chi connectivity index (χ1v) is 6.38. The minimum Gasteiger partial charge on any atom is -0.416 e. The number of unbranched alkanes of at least 4 members (excludes halogenated alkanes) is 5. The zero-order chi connectivity index (χ0) is 14.9. The number of alkyl halides is 4. The number of carbonyl (C=O) groups is 1. The van der Waals surface area contributed by atoms with Crippen molar-refractivity contribution in [2.75, 3.05) is 0 Å². The molecule has 0 aliphatic heterocycles. The average Bonchev–Trinajstić information content (AvgIpc) is 2.32. The topological polar surface area (TPSA) is 26.3 Å². The molecule has 0 bridgehead atoms. The Labute approximate surface area is 110 Å². The van der Waals surface area contributed by atoms with E-state index in [2.05, 4.69) is 11.3 Å². The van der Waals surface area contributed by atoms with Crippen LogP contribution < -0.4 is 0 Å². The highest BCUT2D eigenvalue weighted by molar-refractivity contribution is 5.81. The summed E-state index contributed by atoms with van der Waals surface area (Å²) in [6.45, 7) is 4.97. The van der Waals surface area contributed by atoms with Crippen molar-refractivity contribution in [3.8, 4) is 0 Å². The fourth-order valence-corrected chi connectivity index (χ4v) is 1.58. The van der Waals surface area contributed by atoms with E-state index in [4.69, 9.17) is 0 Å². The minimum atomic E-state index is -5.23. The van der Waals surface area contributed by atoms with Crippen molar-refractivity contribution in [3.05, 3.63) is 12.7 Å². The highest BCUT2D eigenvalue weighted by atomic mass is 19.4. The van der Waals surface area contributed by atoms with Crippen LogP contribution in [0.1, 0.15) is 51.9 Å². The second kappa shape index (κ2) is 8.17. The average molecular weight is 284 g/mol. The molecule has 2 nitrogen and oxygen atoms in total. The van der Waals surface area contributed by atoms with Crippen LogP contribution in [0.2, 0.25) is 0 Å². The quantitative estimate of drug-likeness (QED) is 0.265. The Morgan fingerprint density at radius 3 is 2.11 bits per heavy atom. The molecule has 0 N–H and O–H groups in total. The molecule has 0 rings (SSSR count). The molecule has 112 valence electrons. The maximum Gasteiger partial charge on any atom is 0.460 e. The zero-order valence-corrected chi connectivity index (χ0v) is 11.1. The molecule has 19 heavy (non-hydrogen) atoms. The third-order valence-electron chi connectivity index (χ3n) is 2.70. The van der Waals surface area contributed by atoms with Gasteiger partial charge >= 0.3 is 18.0 Å². The summed E-state index contributed by atoms with van der Waals surface area (Å²) in [6, 6.07) is 0. The Bertz CT molecular complexity index is 289. The fraction of sp³-hybridized carbons (Fsp3) is 0.769. The van der Waals surface area contributed by atoms with Crippen LogP contribution in [0.25, 0.3) is 0 Å². The third kappa shape index (κ3) is 6.59. The van der Waals surface area contributed by atoms with Crippen LogP contribution in [0.4, 0.5) is 17.6 Å². The lowest BCUT2D eigenvalue weighted by Gasteiger charge is -2.27. The van der Waals surface area contributed by atoms with Crippen molar-refractivity contribution < 1.29 is 27.1 Å². The summed E-state index contributed by atoms with van der Waals surface area (Å²) in [6.07, 6.45) is -1.40. The van der Waals surface area contributed by atoms with Gasteiger partial charge < -0.3 is 4.74 Å². The molecule has 0 aliphatic rings. The van der Waals surface area contributed by atoms with Crippen LogP contribution in [0, 0.1) is 0 Å². The van der Waals surface area contributed by atoms with Crippen LogP contribution in [-0.4, -0.2) is 18.0 Å². The fourth-order valence-electron chi connectivity index (χ4n) is 1.58. The molecule has 1 atom stereocenters. The van der Waals surface area contributed by atoms with Crippen molar-refractivity contribution in [1.82, 2.24) is 0 Å². The number of halogens is 4. The number of carbonyl (C=O) groups excluding carboxylic acids is 1. The number of hydrogen-bond donors (Lipinski definition) is 0. The largest absolute Gasteiger partial charge is 0.460 e.